The van der Waals surface area contributed by atoms with E-state index in [1.807, 2.05) is 13.8 Å². The van der Waals surface area contributed by atoms with E-state index in [4.69, 9.17) is 9.84 Å². The van der Waals surface area contributed by atoms with Crippen molar-refractivity contribution in [2.24, 2.45) is 0 Å². The van der Waals surface area contributed by atoms with Crippen molar-refractivity contribution in [2.75, 3.05) is 13.7 Å². The number of rotatable bonds is 4. The van der Waals surface area contributed by atoms with Gasteiger partial charge >= 0.3 is 0 Å². The third-order valence-electron chi connectivity index (χ3n) is 2.95. The predicted octanol–water partition coefficient (Wildman–Crippen LogP) is 1.30. The maximum atomic E-state index is 9.15. The molecule has 0 bridgehead atoms. The van der Waals surface area contributed by atoms with Crippen molar-refractivity contribution in [2.45, 2.75) is 57.2 Å². The summed E-state index contributed by atoms with van der Waals surface area (Å²) in [6, 6.07) is 0.496. The van der Waals surface area contributed by atoms with Gasteiger partial charge in [-0.3, -0.25) is 0 Å². The number of methoxy groups -OCH3 is 1. The van der Waals surface area contributed by atoms with E-state index in [0.29, 0.717) is 12.1 Å². The van der Waals surface area contributed by atoms with E-state index in [-0.39, 0.29) is 12.1 Å². The highest BCUT2D eigenvalue weighted by Gasteiger charge is 2.26. The first-order valence-electron chi connectivity index (χ1n) is 5.49. The van der Waals surface area contributed by atoms with Crippen LogP contribution in [0.2, 0.25) is 0 Å². The van der Waals surface area contributed by atoms with E-state index < -0.39 is 0 Å². The lowest BCUT2D eigenvalue weighted by Crippen LogP contribution is -2.50. The largest absolute Gasteiger partial charge is 0.394 e. The second kappa shape index (κ2) is 5.10. The van der Waals surface area contributed by atoms with Crippen molar-refractivity contribution in [3.63, 3.8) is 0 Å². The third kappa shape index (κ3) is 3.56. The van der Waals surface area contributed by atoms with Gasteiger partial charge in [-0.15, -0.1) is 0 Å². The van der Waals surface area contributed by atoms with E-state index in [1.54, 1.807) is 7.11 Å². The molecule has 0 heterocycles. The molecule has 0 aromatic rings. The zero-order valence-corrected chi connectivity index (χ0v) is 9.55. The number of ether oxygens (including phenoxy) is 1. The van der Waals surface area contributed by atoms with E-state index in [0.717, 1.165) is 6.42 Å². The van der Waals surface area contributed by atoms with Gasteiger partial charge in [0, 0.05) is 18.7 Å². The Balaban J connectivity index is 2.37. The van der Waals surface area contributed by atoms with E-state index in [9.17, 15) is 0 Å². The Bertz CT molecular complexity index is 171. The monoisotopic (exact) mass is 201 g/mol. The Labute approximate surface area is 86.8 Å². The van der Waals surface area contributed by atoms with Crippen LogP contribution in [0.5, 0.6) is 0 Å². The lowest BCUT2D eigenvalue weighted by atomic mass is 9.91. The Morgan fingerprint density at radius 1 is 1.43 bits per heavy atom. The number of aliphatic hydroxyl groups excluding tert-OH is 1. The van der Waals surface area contributed by atoms with Crippen LogP contribution in [-0.4, -0.2) is 36.5 Å². The molecule has 2 atom stereocenters. The third-order valence-corrected chi connectivity index (χ3v) is 2.95. The summed E-state index contributed by atoms with van der Waals surface area (Å²) in [5.41, 5.74) is -0.166. The molecule has 1 aliphatic carbocycles. The molecule has 0 radical (unpaired) electrons. The van der Waals surface area contributed by atoms with Crippen molar-refractivity contribution in [3.8, 4) is 0 Å². The number of nitrogens with one attached hydrogen (secondary N) is 1. The molecule has 0 aromatic heterocycles. The van der Waals surface area contributed by atoms with Gasteiger partial charge in [-0.2, -0.15) is 0 Å². The maximum absolute atomic E-state index is 9.15. The first-order valence-corrected chi connectivity index (χ1v) is 5.49. The van der Waals surface area contributed by atoms with Crippen LogP contribution in [0.3, 0.4) is 0 Å². The fourth-order valence-electron chi connectivity index (χ4n) is 2.09. The standard InChI is InChI=1S/C11H23NO2/c1-11(2,8-13)12-9-5-4-6-10(7-9)14-3/h9-10,12-13H,4-8H2,1-3H3. The summed E-state index contributed by atoms with van der Waals surface area (Å²) in [5.74, 6) is 0. The average Bonchev–Trinajstić information content (AvgIpc) is 2.17. The molecular formula is C11H23NO2. The van der Waals surface area contributed by atoms with Crippen LogP contribution < -0.4 is 5.32 Å². The van der Waals surface area contributed by atoms with Gasteiger partial charge < -0.3 is 15.2 Å². The van der Waals surface area contributed by atoms with Crippen LogP contribution in [-0.2, 0) is 4.74 Å². The molecule has 3 nitrogen and oxygen atoms in total. The predicted molar refractivity (Wildman–Crippen MR) is 57.4 cm³/mol. The van der Waals surface area contributed by atoms with Gasteiger partial charge in [-0.25, -0.2) is 0 Å². The van der Waals surface area contributed by atoms with Crippen LogP contribution in [0.4, 0.5) is 0 Å². The van der Waals surface area contributed by atoms with Crippen molar-refractivity contribution in [3.05, 3.63) is 0 Å². The molecule has 3 heteroatoms. The van der Waals surface area contributed by atoms with Gasteiger partial charge in [-0.1, -0.05) is 0 Å². The fourth-order valence-corrected chi connectivity index (χ4v) is 2.09. The lowest BCUT2D eigenvalue weighted by molar-refractivity contribution is 0.0497. The number of hydrogen-bond donors (Lipinski definition) is 2. The van der Waals surface area contributed by atoms with Crippen LogP contribution >= 0.6 is 0 Å². The van der Waals surface area contributed by atoms with Crippen LogP contribution in [0.1, 0.15) is 39.5 Å². The summed E-state index contributed by atoms with van der Waals surface area (Å²) < 4.78 is 5.37. The molecule has 0 aromatic carbocycles. The Kier molecular flexibility index (Phi) is 4.35. The average molecular weight is 201 g/mol. The first kappa shape index (κ1) is 12.0. The zero-order chi connectivity index (χ0) is 10.6. The summed E-state index contributed by atoms with van der Waals surface area (Å²) >= 11 is 0. The smallest absolute Gasteiger partial charge is 0.0607 e. The number of aliphatic hydroxyl groups is 1. The van der Waals surface area contributed by atoms with Crippen molar-refractivity contribution in [1.29, 1.82) is 0 Å². The molecule has 2 N–H and O–H groups in total. The molecule has 0 aliphatic heterocycles. The van der Waals surface area contributed by atoms with Gasteiger partial charge in [0.15, 0.2) is 0 Å². The SMILES string of the molecule is COC1CCCC(NC(C)(C)CO)C1. The summed E-state index contributed by atoms with van der Waals surface area (Å²) in [6.45, 7) is 4.24. The molecule has 84 valence electrons. The molecule has 14 heavy (non-hydrogen) atoms. The van der Waals surface area contributed by atoms with Crippen molar-refractivity contribution in [1.82, 2.24) is 5.32 Å². The number of hydrogen-bond acceptors (Lipinski definition) is 3. The van der Waals surface area contributed by atoms with E-state index in [1.165, 1.54) is 19.3 Å². The molecule has 1 aliphatic rings. The quantitative estimate of drug-likeness (QED) is 0.720. The minimum atomic E-state index is -0.166. The Morgan fingerprint density at radius 2 is 2.14 bits per heavy atom. The summed E-state index contributed by atoms with van der Waals surface area (Å²) in [5, 5.41) is 12.6. The maximum Gasteiger partial charge on any atom is 0.0607 e. The van der Waals surface area contributed by atoms with Gasteiger partial charge in [-0.05, 0) is 39.5 Å². The summed E-state index contributed by atoms with van der Waals surface area (Å²) in [7, 11) is 1.78. The van der Waals surface area contributed by atoms with Crippen molar-refractivity contribution < 1.29 is 9.84 Å². The van der Waals surface area contributed by atoms with E-state index >= 15 is 0 Å². The minimum absolute atomic E-state index is 0.166. The zero-order valence-electron chi connectivity index (χ0n) is 9.55. The van der Waals surface area contributed by atoms with Crippen LogP contribution in [0.15, 0.2) is 0 Å². The van der Waals surface area contributed by atoms with Crippen LogP contribution in [0, 0.1) is 0 Å². The highest BCUT2D eigenvalue weighted by Crippen LogP contribution is 2.22. The molecule has 1 fully saturated rings. The van der Waals surface area contributed by atoms with Gasteiger partial charge in [0.1, 0.15) is 0 Å². The Morgan fingerprint density at radius 3 is 2.71 bits per heavy atom. The molecule has 2 unspecified atom stereocenters. The molecule has 0 spiro atoms. The normalized spacial score (nSPS) is 29.1. The fraction of sp³-hybridized carbons (Fsp3) is 1.00. The summed E-state index contributed by atoms with van der Waals surface area (Å²) in [6.07, 6.45) is 5.06. The highest BCUT2D eigenvalue weighted by molar-refractivity contribution is 4.85. The Hall–Kier alpha value is -0.120. The van der Waals surface area contributed by atoms with Crippen molar-refractivity contribution >= 4 is 0 Å². The second-order valence-corrected chi connectivity index (χ2v) is 4.91. The molecule has 0 saturated heterocycles. The van der Waals surface area contributed by atoms with Gasteiger partial charge in [0.05, 0.1) is 12.7 Å². The molecule has 1 saturated carbocycles. The van der Waals surface area contributed by atoms with Gasteiger partial charge in [0.2, 0.25) is 0 Å². The molecule has 1 rings (SSSR count). The summed E-state index contributed by atoms with van der Waals surface area (Å²) in [4.78, 5) is 0. The van der Waals surface area contributed by atoms with Crippen LogP contribution in [0.25, 0.3) is 0 Å². The minimum Gasteiger partial charge on any atom is -0.394 e. The molecular weight excluding hydrogens is 178 g/mol. The lowest BCUT2D eigenvalue weighted by Gasteiger charge is -2.35. The topological polar surface area (TPSA) is 41.5 Å². The highest BCUT2D eigenvalue weighted by atomic mass is 16.5. The first-order chi connectivity index (χ1) is 6.57. The molecule has 0 amide bonds. The second-order valence-electron chi connectivity index (χ2n) is 4.91. The van der Waals surface area contributed by atoms with Gasteiger partial charge in [0.25, 0.3) is 0 Å². The van der Waals surface area contributed by atoms with E-state index in [2.05, 4.69) is 5.32 Å².